The molecule has 0 bridgehead atoms. The molecule has 1 N–H and O–H groups in total. The zero-order valence-corrected chi connectivity index (χ0v) is 12.9. The number of para-hydroxylation sites is 1. The second kappa shape index (κ2) is 6.91. The Bertz CT molecular complexity index is 601. The molecular formula is C14H20N2O4S. The number of rotatable bonds is 7. The van der Waals surface area contributed by atoms with Crippen molar-refractivity contribution in [3.63, 3.8) is 0 Å². The molecule has 0 saturated heterocycles. The molecule has 1 aromatic carbocycles. The summed E-state index contributed by atoms with van der Waals surface area (Å²) in [5, 5.41) is 2.62. The van der Waals surface area contributed by atoms with Crippen molar-refractivity contribution >= 4 is 21.6 Å². The number of nitrogens with zero attached hydrogens (tertiary/aromatic N) is 1. The molecule has 0 unspecified atom stereocenters. The predicted molar refractivity (Wildman–Crippen MR) is 80.8 cm³/mol. The fourth-order valence-corrected chi connectivity index (χ4v) is 3.82. The fraction of sp³-hybridized carbons (Fsp3) is 0.500. The van der Waals surface area contributed by atoms with Gasteiger partial charge in [0.1, 0.15) is 0 Å². The van der Waals surface area contributed by atoms with Crippen LogP contribution >= 0.6 is 0 Å². The molecule has 0 spiro atoms. The molecule has 0 radical (unpaired) electrons. The minimum atomic E-state index is -3.46. The van der Waals surface area contributed by atoms with E-state index in [0.717, 1.165) is 17.7 Å². The first-order valence-electron chi connectivity index (χ1n) is 6.88. The van der Waals surface area contributed by atoms with E-state index < -0.39 is 10.0 Å². The number of nitrogens with one attached hydrogen (secondary N) is 1. The maximum absolute atomic E-state index is 12.4. The van der Waals surface area contributed by atoms with E-state index in [1.165, 1.54) is 4.31 Å². The maximum Gasteiger partial charge on any atom is 0.235 e. The molecule has 0 fully saturated rings. The summed E-state index contributed by atoms with van der Waals surface area (Å²) in [6.45, 7) is 1.26. The van der Waals surface area contributed by atoms with Crippen LogP contribution in [0.2, 0.25) is 0 Å². The molecule has 0 aliphatic carbocycles. The number of benzene rings is 1. The van der Waals surface area contributed by atoms with Crippen molar-refractivity contribution in [1.29, 1.82) is 0 Å². The van der Waals surface area contributed by atoms with Crippen LogP contribution in [0.1, 0.15) is 12.0 Å². The Morgan fingerprint density at radius 3 is 2.90 bits per heavy atom. The van der Waals surface area contributed by atoms with E-state index in [-0.39, 0.29) is 18.1 Å². The Hall–Kier alpha value is -1.60. The monoisotopic (exact) mass is 312 g/mol. The molecule has 6 nitrogen and oxygen atoms in total. The van der Waals surface area contributed by atoms with Crippen LogP contribution in [0.5, 0.6) is 0 Å². The zero-order valence-electron chi connectivity index (χ0n) is 12.0. The summed E-state index contributed by atoms with van der Waals surface area (Å²) >= 11 is 0. The molecule has 7 heteroatoms. The van der Waals surface area contributed by atoms with E-state index in [9.17, 15) is 13.2 Å². The first kappa shape index (κ1) is 15.8. The molecule has 0 saturated carbocycles. The minimum absolute atomic E-state index is 0.0370. The van der Waals surface area contributed by atoms with Crippen LogP contribution in [-0.2, 0) is 26.0 Å². The van der Waals surface area contributed by atoms with Crippen LogP contribution in [0, 0.1) is 0 Å². The first-order valence-corrected chi connectivity index (χ1v) is 8.49. The molecule has 1 aliphatic rings. The topological polar surface area (TPSA) is 75.7 Å². The number of carbonyl (C=O) groups excluding carboxylic acids is 1. The molecule has 1 heterocycles. The third-order valence-electron chi connectivity index (χ3n) is 3.40. The number of anilines is 1. The molecule has 1 aromatic rings. The summed E-state index contributed by atoms with van der Waals surface area (Å²) in [4.78, 5) is 11.6. The third kappa shape index (κ3) is 3.95. The Morgan fingerprint density at radius 2 is 2.14 bits per heavy atom. The fourth-order valence-electron chi connectivity index (χ4n) is 2.31. The lowest BCUT2D eigenvalue weighted by Crippen LogP contribution is -2.34. The smallest absolute Gasteiger partial charge is 0.235 e. The van der Waals surface area contributed by atoms with E-state index >= 15 is 0 Å². The van der Waals surface area contributed by atoms with Gasteiger partial charge in [-0.1, -0.05) is 18.2 Å². The average molecular weight is 312 g/mol. The number of hydrogen-bond acceptors (Lipinski definition) is 4. The molecule has 21 heavy (non-hydrogen) atoms. The van der Waals surface area contributed by atoms with Gasteiger partial charge in [0.25, 0.3) is 0 Å². The van der Waals surface area contributed by atoms with Crippen molar-refractivity contribution in [2.24, 2.45) is 0 Å². The van der Waals surface area contributed by atoms with Gasteiger partial charge in [-0.3, -0.25) is 9.10 Å². The Balaban J connectivity index is 1.93. The van der Waals surface area contributed by atoms with Gasteiger partial charge < -0.3 is 10.1 Å². The third-order valence-corrected chi connectivity index (χ3v) is 5.17. The summed E-state index contributed by atoms with van der Waals surface area (Å²) in [5.41, 5.74) is 1.77. The Morgan fingerprint density at radius 1 is 1.38 bits per heavy atom. The predicted octanol–water partition coefficient (Wildman–Crippen LogP) is 0.532. The van der Waals surface area contributed by atoms with Crippen LogP contribution in [0.3, 0.4) is 0 Å². The molecule has 0 aromatic heterocycles. The van der Waals surface area contributed by atoms with Gasteiger partial charge in [-0.15, -0.1) is 0 Å². The molecule has 1 amide bonds. The van der Waals surface area contributed by atoms with Gasteiger partial charge in [-0.25, -0.2) is 8.42 Å². The molecule has 2 rings (SSSR count). The lowest BCUT2D eigenvalue weighted by atomic mass is 10.2. The summed E-state index contributed by atoms with van der Waals surface area (Å²) in [5.74, 6) is -0.455. The van der Waals surface area contributed by atoms with Crippen molar-refractivity contribution in [3.05, 3.63) is 29.8 Å². The number of sulfonamides is 1. The minimum Gasteiger partial charge on any atom is -0.383 e. The number of carbonyl (C=O) groups is 1. The Labute approximate surface area is 125 Å². The number of fused-ring (bicyclic) bond motifs is 1. The lowest BCUT2D eigenvalue weighted by Gasteiger charge is -2.19. The summed E-state index contributed by atoms with van der Waals surface area (Å²) in [7, 11) is -1.91. The summed E-state index contributed by atoms with van der Waals surface area (Å²) in [6, 6.07) is 7.46. The van der Waals surface area contributed by atoms with E-state index in [1.54, 1.807) is 13.2 Å². The maximum atomic E-state index is 12.4. The second-order valence-electron chi connectivity index (χ2n) is 4.86. The Kier molecular flexibility index (Phi) is 5.19. The quantitative estimate of drug-likeness (QED) is 0.745. The van der Waals surface area contributed by atoms with Crippen molar-refractivity contribution in [2.45, 2.75) is 12.8 Å². The average Bonchev–Trinajstić information content (AvgIpc) is 2.90. The van der Waals surface area contributed by atoms with E-state index in [4.69, 9.17) is 4.74 Å². The van der Waals surface area contributed by atoms with Crippen LogP contribution in [0.4, 0.5) is 5.69 Å². The highest BCUT2D eigenvalue weighted by molar-refractivity contribution is 7.92. The van der Waals surface area contributed by atoms with Gasteiger partial charge in [-0.05, 0) is 18.1 Å². The van der Waals surface area contributed by atoms with Gasteiger partial charge in [0, 0.05) is 26.6 Å². The van der Waals surface area contributed by atoms with Crippen molar-refractivity contribution in [1.82, 2.24) is 5.32 Å². The highest BCUT2D eigenvalue weighted by atomic mass is 32.2. The number of ether oxygens (including phenoxy) is 1. The summed E-state index contributed by atoms with van der Waals surface area (Å²) < 4.78 is 30.9. The molecule has 1 aliphatic heterocycles. The van der Waals surface area contributed by atoms with Crippen LogP contribution in [-0.4, -0.2) is 46.9 Å². The lowest BCUT2D eigenvalue weighted by molar-refractivity contribution is -0.120. The van der Waals surface area contributed by atoms with Crippen molar-refractivity contribution in [2.75, 3.05) is 36.9 Å². The van der Waals surface area contributed by atoms with Gasteiger partial charge in [0.15, 0.2) is 0 Å². The van der Waals surface area contributed by atoms with Crippen LogP contribution in [0.15, 0.2) is 24.3 Å². The van der Waals surface area contributed by atoms with Crippen LogP contribution < -0.4 is 9.62 Å². The molecule has 116 valence electrons. The summed E-state index contributed by atoms with van der Waals surface area (Å²) in [6.07, 6.45) is 0.681. The normalized spacial score (nSPS) is 14.0. The number of hydrogen-bond donors (Lipinski definition) is 1. The highest BCUT2D eigenvalue weighted by Crippen LogP contribution is 2.30. The number of methoxy groups -OCH3 is 1. The van der Waals surface area contributed by atoms with E-state index in [2.05, 4.69) is 5.32 Å². The molecule has 0 atom stereocenters. The SMILES string of the molecule is COCCNC(=O)CCS(=O)(=O)N1CCc2ccccc21. The standard InChI is InChI=1S/C14H20N2O4S/c1-20-10-8-15-14(17)7-11-21(18,19)16-9-6-12-4-2-3-5-13(12)16/h2-5H,6-11H2,1H3,(H,15,17). The van der Waals surface area contributed by atoms with Gasteiger partial charge >= 0.3 is 0 Å². The van der Waals surface area contributed by atoms with Gasteiger partial charge in [0.05, 0.1) is 18.0 Å². The second-order valence-corrected chi connectivity index (χ2v) is 6.87. The van der Waals surface area contributed by atoms with E-state index in [0.29, 0.717) is 19.7 Å². The van der Waals surface area contributed by atoms with Crippen LogP contribution in [0.25, 0.3) is 0 Å². The van der Waals surface area contributed by atoms with Crippen molar-refractivity contribution in [3.8, 4) is 0 Å². The largest absolute Gasteiger partial charge is 0.383 e. The van der Waals surface area contributed by atoms with Gasteiger partial charge in [-0.2, -0.15) is 0 Å². The zero-order chi connectivity index (χ0) is 15.3. The van der Waals surface area contributed by atoms with Crippen molar-refractivity contribution < 1.29 is 17.9 Å². The van der Waals surface area contributed by atoms with Gasteiger partial charge in [0.2, 0.25) is 15.9 Å². The van der Waals surface area contributed by atoms with E-state index in [1.807, 2.05) is 18.2 Å². The number of amides is 1. The molecular weight excluding hydrogens is 292 g/mol. The first-order chi connectivity index (χ1) is 10.0. The highest BCUT2D eigenvalue weighted by Gasteiger charge is 2.29.